The van der Waals surface area contributed by atoms with Gasteiger partial charge in [0, 0.05) is 12.6 Å². The second-order valence-electron chi connectivity index (χ2n) is 7.12. The van der Waals surface area contributed by atoms with Crippen LogP contribution in [0.15, 0.2) is 18.2 Å². The molecule has 3 rings (SSSR count). The molecule has 1 atom stereocenters. The lowest BCUT2D eigenvalue weighted by Crippen LogP contribution is -2.42. The van der Waals surface area contributed by atoms with Crippen LogP contribution in [0.4, 0.5) is 0 Å². The first-order valence-electron chi connectivity index (χ1n) is 8.16. The molecule has 1 N–H and O–H groups in total. The van der Waals surface area contributed by atoms with Gasteiger partial charge in [0.1, 0.15) is 0 Å². The van der Waals surface area contributed by atoms with Crippen LogP contribution in [0, 0.1) is 6.92 Å². The Labute approximate surface area is 128 Å². The Morgan fingerprint density at radius 2 is 2.00 bits per heavy atom. The predicted octanol–water partition coefficient (Wildman–Crippen LogP) is 2.33. The molecule has 1 aliphatic carbocycles. The van der Waals surface area contributed by atoms with E-state index in [1.165, 1.54) is 24.8 Å². The minimum Gasteiger partial charge on any atom is -0.395 e. The molecule has 1 aliphatic heterocycles. The summed E-state index contributed by atoms with van der Waals surface area (Å²) in [6, 6.07) is 7.62. The predicted molar refractivity (Wildman–Crippen MR) is 86.7 cm³/mol. The van der Waals surface area contributed by atoms with Crippen molar-refractivity contribution in [3.8, 4) is 0 Å². The lowest BCUT2D eigenvalue weighted by atomic mass is 9.73. The molecule has 1 heterocycles. The van der Waals surface area contributed by atoms with Gasteiger partial charge in [-0.15, -0.1) is 0 Å². The molecule has 0 bridgehead atoms. The van der Waals surface area contributed by atoms with Crippen molar-refractivity contribution in [3.05, 3.63) is 34.9 Å². The maximum Gasteiger partial charge on any atom is 0.0558 e. The van der Waals surface area contributed by atoms with Crippen molar-refractivity contribution >= 4 is 0 Å². The fourth-order valence-electron chi connectivity index (χ4n) is 4.31. The van der Waals surface area contributed by atoms with Crippen LogP contribution in [0.5, 0.6) is 0 Å². The molecule has 1 aromatic carbocycles. The van der Waals surface area contributed by atoms with Gasteiger partial charge >= 0.3 is 0 Å². The van der Waals surface area contributed by atoms with Crippen LogP contribution in [0.1, 0.15) is 42.0 Å². The molecule has 0 radical (unpaired) electrons. The number of piperidine rings is 1. The summed E-state index contributed by atoms with van der Waals surface area (Å²) in [6.45, 7) is 5.54. The number of fused-ring (bicyclic) bond motifs is 2. The van der Waals surface area contributed by atoms with Gasteiger partial charge in [-0.05, 0) is 69.9 Å². The fourth-order valence-corrected chi connectivity index (χ4v) is 4.31. The van der Waals surface area contributed by atoms with Gasteiger partial charge in [-0.25, -0.2) is 0 Å². The summed E-state index contributed by atoms with van der Waals surface area (Å²) in [5.74, 6) is 0. The topological polar surface area (TPSA) is 26.7 Å². The van der Waals surface area contributed by atoms with E-state index < -0.39 is 0 Å². The standard InChI is InChI=1S/C18H28N2O/c1-14-4-5-16-15(12-14)17(19(2)3)13-18(16)6-8-20(9-7-18)10-11-21/h4-5,12,17,21H,6-11,13H2,1-3H3/t17-/m0/s1. The number of likely N-dealkylation sites (tertiary alicyclic amines) is 1. The van der Waals surface area contributed by atoms with Gasteiger partial charge in [-0.1, -0.05) is 23.8 Å². The van der Waals surface area contributed by atoms with E-state index >= 15 is 0 Å². The maximum atomic E-state index is 9.13. The summed E-state index contributed by atoms with van der Waals surface area (Å²) in [5, 5.41) is 9.13. The lowest BCUT2D eigenvalue weighted by molar-refractivity contribution is 0.119. The molecule has 21 heavy (non-hydrogen) atoms. The van der Waals surface area contributed by atoms with Gasteiger partial charge in [0.05, 0.1) is 6.61 Å². The van der Waals surface area contributed by atoms with Crippen molar-refractivity contribution in [3.63, 3.8) is 0 Å². The molecule has 1 spiro atoms. The van der Waals surface area contributed by atoms with Crippen LogP contribution >= 0.6 is 0 Å². The van der Waals surface area contributed by atoms with E-state index in [-0.39, 0.29) is 6.61 Å². The number of hydrogen-bond donors (Lipinski definition) is 1. The van der Waals surface area contributed by atoms with Gasteiger partial charge in [0.25, 0.3) is 0 Å². The second-order valence-corrected chi connectivity index (χ2v) is 7.12. The van der Waals surface area contributed by atoms with E-state index in [0.29, 0.717) is 11.5 Å². The van der Waals surface area contributed by atoms with Crippen LogP contribution in [0.2, 0.25) is 0 Å². The Balaban J connectivity index is 1.89. The molecular formula is C18H28N2O. The zero-order valence-electron chi connectivity index (χ0n) is 13.6. The van der Waals surface area contributed by atoms with Crippen LogP contribution in [-0.2, 0) is 5.41 Å². The van der Waals surface area contributed by atoms with E-state index in [0.717, 1.165) is 19.6 Å². The van der Waals surface area contributed by atoms with Crippen molar-refractivity contribution in [2.75, 3.05) is 40.3 Å². The van der Waals surface area contributed by atoms with E-state index in [1.54, 1.807) is 11.1 Å². The molecule has 0 aromatic heterocycles. The molecular weight excluding hydrogens is 260 g/mol. The number of aliphatic hydroxyl groups excluding tert-OH is 1. The van der Waals surface area contributed by atoms with Gasteiger partial charge in [-0.2, -0.15) is 0 Å². The largest absolute Gasteiger partial charge is 0.395 e. The SMILES string of the molecule is Cc1ccc2c(c1)[C@@H](N(C)C)CC21CCN(CCO)CC1. The molecule has 0 unspecified atom stereocenters. The third-order valence-electron chi connectivity index (χ3n) is 5.57. The first kappa shape index (κ1) is 15.0. The number of benzene rings is 1. The third-order valence-corrected chi connectivity index (χ3v) is 5.57. The van der Waals surface area contributed by atoms with Crippen LogP contribution in [0.25, 0.3) is 0 Å². The van der Waals surface area contributed by atoms with Crippen molar-refractivity contribution in [1.29, 1.82) is 0 Å². The van der Waals surface area contributed by atoms with E-state index in [2.05, 4.69) is 49.0 Å². The fraction of sp³-hybridized carbons (Fsp3) is 0.667. The van der Waals surface area contributed by atoms with Gasteiger partial charge in [0.2, 0.25) is 0 Å². The summed E-state index contributed by atoms with van der Waals surface area (Å²) >= 11 is 0. The molecule has 116 valence electrons. The van der Waals surface area contributed by atoms with Crippen molar-refractivity contribution < 1.29 is 5.11 Å². The number of hydrogen-bond acceptors (Lipinski definition) is 3. The van der Waals surface area contributed by atoms with Crippen LogP contribution < -0.4 is 0 Å². The van der Waals surface area contributed by atoms with Crippen LogP contribution in [0.3, 0.4) is 0 Å². The minimum absolute atomic E-state index is 0.281. The smallest absolute Gasteiger partial charge is 0.0558 e. The Hall–Kier alpha value is -0.900. The van der Waals surface area contributed by atoms with Crippen LogP contribution in [-0.4, -0.2) is 55.2 Å². The molecule has 1 aromatic rings. The summed E-state index contributed by atoms with van der Waals surface area (Å²) in [6.07, 6.45) is 3.71. The van der Waals surface area contributed by atoms with E-state index in [4.69, 9.17) is 5.11 Å². The molecule has 0 saturated carbocycles. The van der Waals surface area contributed by atoms with E-state index in [9.17, 15) is 0 Å². The Bertz CT molecular complexity index is 504. The molecule has 1 fully saturated rings. The van der Waals surface area contributed by atoms with Gasteiger partial charge < -0.3 is 14.9 Å². The number of β-amino-alcohol motifs (C(OH)–C–C–N with tert-alkyl or cyclic N) is 1. The highest BCUT2D eigenvalue weighted by Crippen LogP contribution is 2.52. The molecule has 1 saturated heterocycles. The monoisotopic (exact) mass is 288 g/mol. The third kappa shape index (κ3) is 2.63. The lowest BCUT2D eigenvalue weighted by Gasteiger charge is -2.40. The van der Waals surface area contributed by atoms with Gasteiger partial charge in [0.15, 0.2) is 0 Å². The Kier molecular flexibility index (Phi) is 4.08. The molecule has 0 amide bonds. The molecule has 3 nitrogen and oxygen atoms in total. The highest BCUT2D eigenvalue weighted by molar-refractivity contribution is 5.44. The van der Waals surface area contributed by atoms with Crippen molar-refractivity contribution in [2.24, 2.45) is 0 Å². The number of aryl methyl sites for hydroxylation is 1. The maximum absolute atomic E-state index is 9.13. The zero-order chi connectivity index (χ0) is 15.0. The summed E-state index contributed by atoms with van der Waals surface area (Å²) in [4.78, 5) is 4.79. The van der Waals surface area contributed by atoms with Crippen molar-refractivity contribution in [2.45, 2.75) is 37.6 Å². The average Bonchev–Trinajstić information content (AvgIpc) is 2.76. The first-order valence-corrected chi connectivity index (χ1v) is 8.16. The quantitative estimate of drug-likeness (QED) is 0.925. The number of nitrogens with zero attached hydrogens (tertiary/aromatic N) is 2. The zero-order valence-corrected chi connectivity index (χ0v) is 13.6. The number of aliphatic hydroxyl groups is 1. The molecule has 2 aliphatic rings. The summed E-state index contributed by atoms with van der Waals surface area (Å²) in [5.41, 5.74) is 4.88. The average molecular weight is 288 g/mol. The molecule has 3 heteroatoms. The first-order chi connectivity index (χ1) is 10.1. The minimum atomic E-state index is 0.281. The highest BCUT2D eigenvalue weighted by atomic mass is 16.3. The van der Waals surface area contributed by atoms with E-state index in [1.807, 2.05) is 0 Å². The Morgan fingerprint density at radius 1 is 1.29 bits per heavy atom. The van der Waals surface area contributed by atoms with Crippen molar-refractivity contribution in [1.82, 2.24) is 9.80 Å². The summed E-state index contributed by atoms with van der Waals surface area (Å²) < 4.78 is 0. The summed E-state index contributed by atoms with van der Waals surface area (Å²) in [7, 11) is 4.41. The normalized spacial score (nSPS) is 24.7. The number of rotatable bonds is 3. The Morgan fingerprint density at radius 3 is 2.62 bits per heavy atom. The highest BCUT2D eigenvalue weighted by Gasteiger charge is 2.45. The second kappa shape index (κ2) is 5.71. The van der Waals surface area contributed by atoms with Gasteiger partial charge in [-0.3, -0.25) is 0 Å².